The molecule has 0 spiro atoms. The third-order valence-electron chi connectivity index (χ3n) is 3.28. The smallest absolute Gasteiger partial charge is 0.211 e. The zero-order valence-electron chi connectivity index (χ0n) is 13.4. The first-order chi connectivity index (χ1) is 9.18. The Morgan fingerprint density at radius 1 is 1.15 bits per heavy atom. The molecule has 0 aliphatic rings. The molecule has 110 valence electrons. The second kappa shape index (κ2) is 5.35. The van der Waals surface area contributed by atoms with Gasteiger partial charge in [0.05, 0.1) is 6.04 Å². The topological polar surface area (TPSA) is 37.0 Å². The van der Waals surface area contributed by atoms with E-state index in [2.05, 4.69) is 81.3 Å². The van der Waals surface area contributed by atoms with Crippen LogP contribution in [0.5, 0.6) is 0 Å². The van der Waals surface area contributed by atoms with Crippen molar-refractivity contribution in [2.24, 2.45) is 5.41 Å². The number of H-pyrrole nitrogens is 1. The largest absolute Gasteiger partial charge is 0.361 e. The van der Waals surface area contributed by atoms with Crippen molar-refractivity contribution in [3.05, 3.63) is 36.0 Å². The normalized spacial score (nSPS) is 14.7. The van der Waals surface area contributed by atoms with Crippen LogP contribution in [0.15, 0.2) is 30.5 Å². The molecule has 0 saturated heterocycles. The van der Waals surface area contributed by atoms with Gasteiger partial charge in [0.1, 0.15) is 0 Å². The fourth-order valence-corrected chi connectivity index (χ4v) is 2.75. The van der Waals surface area contributed by atoms with Gasteiger partial charge < -0.3 is 9.51 Å². The lowest BCUT2D eigenvalue weighted by atomic mass is 9.83. The first-order valence-corrected chi connectivity index (χ1v) is 10.6. The highest BCUT2D eigenvalue weighted by Gasteiger charge is 2.30. The maximum atomic E-state index is 5.97. The summed E-state index contributed by atoms with van der Waals surface area (Å²) >= 11 is 0. The third-order valence-corrected chi connectivity index (χ3v) is 4.01. The van der Waals surface area contributed by atoms with Gasteiger partial charge in [0.2, 0.25) is 8.32 Å². The van der Waals surface area contributed by atoms with E-state index >= 15 is 0 Å². The number of fused-ring (bicyclic) bond motifs is 1. The Balaban J connectivity index is 2.36. The van der Waals surface area contributed by atoms with Gasteiger partial charge in [-0.2, -0.15) is 0 Å². The van der Waals surface area contributed by atoms with Crippen LogP contribution in [0.3, 0.4) is 0 Å². The van der Waals surface area contributed by atoms with E-state index in [9.17, 15) is 0 Å². The van der Waals surface area contributed by atoms with E-state index in [1.54, 1.807) is 0 Å². The van der Waals surface area contributed by atoms with Crippen molar-refractivity contribution in [3.8, 4) is 0 Å². The molecule has 1 unspecified atom stereocenters. The molecule has 0 radical (unpaired) electrons. The fraction of sp³-hybridized carbons (Fsp3) is 0.500. The number of aromatic nitrogens is 1. The predicted octanol–water partition coefficient (Wildman–Crippen LogP) is 4.61. The van der Waals surface area contributed by atoms with E-state index in [4.69, 9.17) is 4.53 Å². The Bertz CT molecular complexity index is 578. The summed E-state index contributed by atoms with van der Waals surface area (Å²) < 4.78 is 5.97. The average Bonchev–Trinajstić information content (AvgIpc) is 2.70. The molecule has 0 fully saturated rings. The van der Waals surface area contributed by atoms with Crippen molar-refractivity contribution in [2.75, 3.05) is 0 Å². The summed E-state index contributed by atoms with van der Waals surface area (Å²) in [5.74, 6) is 0. The molecular weight excluding hydrogens is 264 g/mol. The number of para-hydroxylation sites is 1. The number of hydrogen-bond donors (Lipinski definition) is 2. The molecule has 20 heavy (non-hydrogen) atoms. The summed E-state index contributed by atoms with van der Waals surface area (Å²) in [6.45, 7) is 13.3. The minimum atomic E-state index is -1.60. The number of nitrogens with one attached hydrogen (secondary N) is 2. The number of aromatic amines is 1. The molecule has 2 rings (SSSR count). The maximum absolute atomic E-state index is 5.97. The Kier molecular flexibility index (Phi) is 4.09. The Morgan fingerprint density at radius 3 is 2.40 bits per heavy atom. The lowest BCUT2D eigenvalue weighted by Gasteiger charge is -2.33. The Hall–Kier alpha value is -1.10. The molecule has 3 nitrogen and oxygen atoms in total. The number of rotatable bonds is 4. The number of hydroxylamine groups is 1. The lowest BCUT2D eigenvalue weighted by Crippen LogP contribution is -2.40. The van der Waals surface area contributed by atoms with Crippen LogP contribution in [-0.2, 0) is 4.53 Å². The van der Waals surface area contributed by atoms with Crippen LogP contribution in [0.1, 0.15) is 32.4 Å². The zero-order valence-corrected chi connectivity index (χ0v) is 14.4. The van der Waals surface area contributed by atoms with Crippen molar-refractivity contribution >= 4 is 19.2 Å². The molecule has 0 aliphatic heterocycles. The van der Waals surface area contributed by atoms with E-state index in [-0.39, 0.29) is 11.5 Å². The van der Waals surface area contributed by atoms with Crippen LogP contribution in [0.4, 0.5) is 0 Å². The van der Waals surface area contributed by atoms with Crippen molar-refractivity contribution in [3.63, 3.8) is 0 Å². The van der Waals surface area contributed by atoms with Crippen LogP contribution in [0.2, 0.25) is 19.6 Å². The molecule has 1 atom stereocenters. The minimum absolute atomic E-state index is 0.0740. The Labute approximate surface area is 122 Å². The first kappa shape index (κ1) is 15.3. The molecule has 0 aliphatic carbocycles. The fourth-order valence-electron chi connectivity index (χ4n) is 2.28. The second-order valence-corrected chi connectivity index (χ2v) is 11.8. The van der Waals surface area contributed by atoms with Gasteiger partial charge in [0.15, 0.2) is 0 Å². The van der Waals surface area contributed by atoms with E-state index < -0.39 is 8.32 Å². The highest BCUT2D eigenvalue weighted by atomic mass is 28.4. The molecule has 0 bridgehead atoms. The van der Waals surface area contributed by atoms with E-state index in [0.29, 0.717) is 0 Å². The van der Waals surface area contributed by atoms with Crippen molar-refractivity contribution in [1.29, 1.82) is 0 Å². The lowest BCUT2D eigenvalue weighted by molar-refractivity contribution is 0.0891. The summed E-state index contributed by atoms with van der Waals surface area (Å²) in [5, 5.41) is 1.26. The zero-order chi connectivity index (χ0) is 15.0. The van der Waals surface area contributed by atoms with Crippen LogP contribution in [0, 0.1) is 5.41 Å². The molecule has 4 heteroatoms. The Morgan fingerprint density at radius 2 is 1.80 bits per heavy atom. The number of benzene rings is 1. The summed E-state index contributed by atoms with van der Waals surface area (Å²) in [5.41, 5.74) is 5.85. The standard InChI is InChI=1S/C16H26N2OSi/c1-16(2,3)15(18-19-20(4,5)6)13-11-17-14-10-8-7-9-12(13)14/h7-11,15,17-18H,1-6H3. The van der Waals surface area contributed by atoms with Gasteiger partial charge in [-0.05, 0) is 36.7 Å². The maximum Gasteiger partial charge on any atom is 0.211 e. The molecule has 1 aromatic carbocycles. The van der Waals surface area contributed by atoms with Crippen LogP contribution in [-0.4, -0.2) is 13.3 Å². The summed E-state index contributed by atoms with van der Waals surface area (Å²) in [6.07, 6.45) is 2.10. The molecular formula is C16H26N2OSi. The van der Waals surface area contributed by atoms with Gasteiger partial charge >= 0.3 is 0 Å². The minimum Gasteiger partial charge on any atom is -0.361 e. The quantitative estimate of drug-likeness (QED) is 0.637. The highest BCUT2D eigenvalue weighted by molar-refractivity contribution is 6.69. The van der Waals surface area contributed by atoms with Gasteiger partial charge in [0.25, 0.3) is 0 Å². The SMILES string of the molecule is CC(C)(C)C(NO[Si](C)(C)C)c1c[nH]c2ccccc12. The van der Waals surface area contributed by atoms with Crippen LogP contribution >= 0.6 is 0 Å². The van der Waals surface area contributed by atoms with Gasteiger partial charge in [-0.15, -0.1) is 0 Å². The van der Waals surface area contributed by atoms with E-state index in [0.717, 1.165) is 0 Å². The number of hydrogen-bond acceptors (Lipinski definition) is 2. The van der Waals surface area contributed by atoms with Crippen molar-refractivity contribution in [2.45, 2.75) is 46.5 Å². The first-order valence-electron chi connectivity index (χ1n) is 7.18. The average molecular weight is 290 g/mol. The van der Waals surface area contributed by atoms with E-state index in [1.807, 2.05) is 0 Å². The van der Waals surface area contributed by atoms with Crippen molar-refractivity contribution in [1.82, 2.24) is 10.5 Å². The van der Waals surface area contributed by atoms with Gasteiger partial charge in [-0.1, -0.05) is 39.0 Å². The monoisotopic (exact) mass is 290 g/mol. The summed E-state index contributed by atoms with van der Waals surface area (Å²) in [7, 11) is -1.60. The third kappa shape index (κ3) is 3.51. The molecule has 0 amide bonds. The molecule has 2 N–H and O–H groups in total. The van der Waals surface area contributed by atoms with Gasteiger partial charge in [0, 0.05) is 17.1 Å². The molecule has 0 saturated carbocycles. The molecule has 1 heterocycles. The van der Waals surface area contributed by atoms with Crippen LogP contribution < -0.4 is 5.48 Å². The van der Waals surface area contributed by atoms with E-state index in [1.165, 1.54) is 16.5 Å². The van der Waals surface area contributed by atoms with Gasteiger partial charge in [-0.3, -0.25) is 0 Å². The molecule has 2 aromatic rings. The van der Waals surface area contributed by atoms with Crippen LogP contribution in [0.25, 0.3) is 10.9 Å². The van der Waals surface area contributed by atoms with Gasteiger partial charge in [-0.25, -0.2) is 5.48 Å². The predicted molar refractivity (Wildman–Crippen MR) is 88.1 cm³/mol. The summed E-state index contributed by atoms with van der Waals surface area (Å²) in [4.78, 5) is 3.35. The second-order valence-electron chi connectivity index (χ2n) is 7.42. The highest BCUT2D eigenvalue weighted by Crippen LogP contribution is 2.36. The summed E-state index contributed by atoms with van der Waals surface area (Å²) in [6, 6.07) is 8.57. The molecule has 1 aromatic heterocycles. The van der Waals surface area contributed by atoms with Crippen molar-refractivity contribution < 1.29 is 4.53 Å².